The van der Waals surface area contributed by atoms with Crippen molar-refractivity contribution in [3.8, 4) is 0 Å². The molecule has 0 rings (SSSR count). The summed E-state index contributed by atoms with van der Waals surface area (Å²) in [6.45, 7) is 3.69. The van der Waals surface area contributed by atoms with E-state index in [1.807, 2.05) is 0 Å². The number of hydrogen-bond donors (Lipinski definition) is 0. The van der Waals surface area contributed by atoms with Crippen LogP contribution in [-0.4, -0.2) is 36.1 Å². The largest absolute Gasteiger partial charge is 0.344 e. The molecule has 0 bridgehead atoms. The molecule has 0 N–H and O–H groups in total. The highest BCUT2D eigenvalue weighted by Crippen LogP contribution is 1.99. The van der Waals surface area contributed by atoms with E-state index in [9.17, 15) is 14.9 Å². The van der Waals surface area contributed by atoms with Crippen LogP contribution in [0, 0.1) is 10.1 Å². The van der Waals surface area contributed by atoms with Crippen molar-refractivity contribution >= 4 is 5.91 Å². The van der Waals surface area contributed by atoms with E-state index in [1.54, 1.807) is 13.1 Å². The van der Waals surface area contributed by atoms with Crippen LogP contribution < -0.4 is 0 Å². The lowest BCUT2D eigenvalue weighted by Crippen LogP contribution is -2.30. The first-order valence-electron chi connectivity index (χ1n) is 4.70. The van der Waals surface area contributed by atoms with Crippen LogP contribution >= 0.6 is 0 Å². The molecule has 0 aromatic heterocycles. The summed E-state index contributed by atoms with van der Waals surface area (Å²) in [6.07, 6.45) is 3.73. The number of amides is 1. The van der Waals surface area contributed by atoms with Crippen molar-refractivity contribution in [2.45, 2.75) is 19.3 Å². The smallest absolute Gasteiger partial charge is 0.294 e. The maximum absolute atomic E-state index is 11.4. The number of unbranched alkanes of at least 4 members (excludes halogenated alkanes) is 1. The van der Waals surface area contributed by atoms with Crippen LogP contribution in [0.15, 0.2) is 12.7 Å². The Morgan fingerprint density at radius 1 is 1.67 bits per heavy atom. The summed E-state index contributed by atoms with van der Waals surface area (Å²) in [5.74, 6) is -0.0382. The van der Waals surface area contributed by atoms with Crippen LogP contribution in [0.2, 0.25) is 0 Å². The Bertz CT molecular complexity index is 230. The fourth-order valence-corrected chi connectivity index (χ4v) is 0.965. The maximum atomic E-state index is 11.4. The summed E-state index contributed by atoms with van der Waals surface area (Å²) in [5.41, 5.74) is 0. The van der Waals surface area contributed by atoms with Crippen LogP contribution in [0.1, 0.15) is 19.3 Å². The Kier molecular flexibility index (Phi) is 6.96. The molecule has 0 heterocycles. The van der Waals surface area contributed by atoms with Crippen LogP contribution in [-0.2, 0) is 9.63 Å². The minimum atomic E-state index is -0.865. The van der Waals surface area contributed by atoms with Crippen molar-refractivity contribution in [3.63, 3.8) is 0 Å². The van der Waals surface area contributed by atoms with Crippen molar-refractivity contribution in [1.82, 2.24) is 4.90 Å². The van der Waals surface area contributed by atoms with E-state index in [2.05, 4.69) is 11.4 Å². The van der Waals surface area contributed by atoms with E-state index in [0.717, 1.165) is 12.8 Å². The third-order valence-electron chi connectivity index (χ3n) is 1.85. The normalized spacial score (nSPS) is 9.40. The van der Waals surface area contributed by atoms with Crippen LogP contribution in [0.5, 0.6) is 0 Å². The third-order valence-corrected chi connectivity index (χ3v) is 1.85. The van der Waals surface area contributed by atoms with Gasteiger partial charge >= 0.3 is 0 Å². The standard InChI is InChI=1S/C9H16N2O4/c1-3-4-5-6-9(12)10(2)7-8-15-11(13)14/h3H,1,4-8H2,2H3. The van der Waals surface area contributed by atoms with Crippen LogP contribution in [0.4, 0.5) is 0 Å². The van der Waals surface area contributed by atoms with Gasteiger partial charge in [0.2, 0.25) is 5.91 Å². The molecule has 6 heteroatoms. The van der Waals surface area contributed by atoms with Crippen LogP contribution in [0.25, 0.3) is 0 Å². The van der Waals surface area contributed by atoms with Gasteiger partial charge in [-0.25, -0.2) is 0 Å². The zero-order chi connectivity index (χ0) is 11.7. The second kappa shape index (κ2) is 7.78. The Morgan fingerprint density at radius 3 is 2.87 bits per heavy atom. The minimum Gasteiger partial charge on any atom is -0.344 e. The highest BCUT2D eigenvalue weighted by molar-refractivity contribution is 5.75. The summed E-state index contributed by atoms with van der Waals surface area (Å²) < 4.78 is 0. The molecule has 15 heavy (non-hydrogen) atoms. The molecular formula is C9H16N2O4. The van der Waals surface area contributed by atoms with Gasteiger partial charge < -0.3 is 9.74 Å². The maximum Gasteiger partial charge on any atom is 0.294 e. The second-order valence-electron chi connectivity index (χ2n) is 3.05. The van der Waals surface area contributed by atoms with Crippen molar-refractivity contribution in [1.29, 1.82) is 0 Å². The van der Waals surface area contributed by atoms with Crippen molar-refractivity contribution in [2.24, 2.45) is 0 Å². The summed E-state index contributed by atoms with van der Waals surface area (Å²) in [4.78, 5) is 26.7. The third kappa shape index (κ3) is 7.48. The molecule has 0 saturated heterocycles. The molecule has 0 saturated carbocycles. The predicted octanol–water partition coefficient (Wildman–Crippen LogP) is 1.01. The second-order valence-corrected chi connectivity index (χ2v) is 3.05. The number of hydrogen-bond acceptors (Lipinski definition) is 4. The summed E-state index contributed by atoms with van der Waals surface area (Å²) in [6, 6.07) is 0. The molecule has 0 aliphatic rings. The van der Waals surface area contributed by atoms with Crippen molar-refractivity contribution < 1.29 is 14.7 Å². The quantitative estimate of drug-likeness (QED) is 0.263. The first-order chi connectivity index (χ1) is 7.07. The lowest BCUT2D eigenvalue weighted by Gasteiger charge is -2.15. The number of allylic oxidation sites excluding steroid dienone is 1. The number of likely N-dealkylation sites (N-methyl/N-ethyl adjacent to an activating group) is 1. The molecule has 86 valence electrons. The zero-order valence-corrected chi connectivity index (χ0v) is 8.85. The number of nitrogens with zero attached hydrogens (tertiary/aromatic N) is 2. The predicted molar refractivity (Wildman–Crippen MR) is 54.6 cm³/mol. The Hall–Kier alpha value is -1.59. The molecule has 6 nitrogen and oxygen atoms in total. The van der Waals surface area contributed by atoms with E-state index >= 15 is 0 Å². The monoisotopic (exact) mass is 216 g/mol. The molecule has 0 fully saturated rings. The Balaban J connectivity index is 3.59. The van der Waals surface area contributed by atoms with E-state index in [4.69, 9.17) is 0 Å². The van der Waals surface area contributed by atoms with Gasteiger partial charge in [0, 0.05) is 20.0 Å². The Labute approximate surface area is 88.6 Å². The fourth-order valence-electron chi connectivity index (χ4n) is 0.965. The average molecular weight is 216 g/mol. The van der Waals surface area contributed by atoms with Gasteiger partial charge in [-0.1, -0.05) is 6.08 Å². The molecular weight excluding hydrogens is 200 g/mol. The molecule has 1 amide bonds. The van der Waals surface area contributed by atoms with Gasteiger partial charge in [0.25, 0.3) is 5.09 Å². The first-order valence-corrected chi connectivity index (χ1v) is 4.70. The van der Waals surface area contributed by atoms with E-state index in [-0.39, 0.29) is 19.1 Å². The van der Waals surface area contributed by atoms with Crippen LogP contribution in [0.3, 0.4) is 0 Å². The average Bonchev–Trinajstić information content (AvgIpc) is 2.17. The van der Waals surface area contributed by atoms with Gasteiger partial charge in [0.15, 0.2) is 0 Å². The van der Waals surface area contributed by atoms with E-state index in [0.29, 0.717) is 6.42 Å². The van der Waals surface area contributed by atoms with Gasteiger partial charge in [-0.15, -0.1) is 16.7 Å². The highest BCUT2D eigenvalue weighted by Gasteiger charge is 2.07. The summed E-state index contributed by atoms with van der Waals surface area (Å²) in [5, 5.41) is 8.97. The number of carbonyl (C=O) groups excluding carboxylic acids is 1. The van der Waals surface area contributed by atoms with Crippen molar-refractivity contribution in [2.75, 3.05) is 20.2 Å². The molecule has 0 aliphatic heterocycles. The molecule has 0 spiro atoms. The first kappa shape index (κ1) is 13.4. The van der Waals surface area contributed by atoms with Gasteiger partial charge in [0.1, 0.15) is 6.61 Å². The lowest BCUT2D eigenvalue weighted by atomic mass is 10.2. The van der Waals surface area contributed by atoms with Gasteiger partial charge in [-0.05, 0) is 12.8 Å². The van der Waals surface area contributed by atoms with Gasteiger partial charge in [-0.3, -0.25) is 4.79 Å². The fraction of sp³-hybridized carbons (Fsp3) is 0.667. The van der Waals surface area contributed by atoms with E-state index in [1.165, 1.54) is 4.90 Å². The zero-order valence-electron chi connectivity index (χ0n) is 8.85. The van der Waals surface area contributed by atoms with Crippen molar-refractivity contribution in [3.05, 3.63) is 22.8 Å². The molecule has 0 aromatic carbocycles. The van der Waals surface area contributed by atoms with Gasteiger partial charge in [-0.2, -0.15) is 0 Å². The number of carbonyl (C=O) groups is 1. The Morgan fingerprint density at radius 2 is 2.33 bits per heavy atom. The number of rotatable bonds is 8. The molecule has 0 aromatic rings. The van der Waals surface area contributed by atoms with E-state index < -0.39 is 5.09 Å². The molecule has 0 aliphatic carbocycles. The molecule has 0 atom stereocenters. The highest BCUT2D eigenvalue weighted by atomic mass is 16.9. The lowest BCUT2D eigenvalue weighted by molar-refractivity contribution is -0.757. The topological polar surface area (TPSA) is 72.7 Å². The summed E-state index contributed by atoms with van der Waals surface area (Å²) >= 11 is 0. The molecule has 0 unspecified atom stereocenters. The SMILES string of the molecule is C=CCCCC(=O)N(C)CCO[N+](=O)[O-]. The minimum absolute atomic E-state index is 0.0382. The van der Waals surface area contributed by atoms with Gasteiger partial charge in [0.05, 0.1) is 0 Å². The summed E-state index contributed by atoms with van der Waals surface area (Å²) in [7, 11) is 1.60. The molecule has 0 radical (unpaired) electrons.